The van der Waals surface area contributed by atoms with Crippen LogP contribution in [0.15, 0.2) is 30.3 Å². The van der Waals surface area contributed by atoms with E-state index >= 15 is 0 Å². The molecule has 1 amide bonds. The molecule has 1 aromatic rings. The number of likely N-dealkylation sites (tertiary alicyclic amines) is 1. The molecule has 0 saturated carbocycles. The fourth-order valence-electron chi connectivity index (χ4n) is 2.72. The molecule has 4 nitrogen and oxygen atoms in total. The molecule has 0 spiro atoms. The van der Waals surface area contributed by atoms with Crippen LogP contribution in [0.2, 0.25) is 0 Å². The number of amides is 1. The van der Waals surface area contributed by atoms with Gasteiger partial charge in [-0.2, -0.15) is 0 Å². The molecule has 1 atom stereocenters. The SMILES string of the molecule is CC(C)NCC1(O)CCCN(CCc2ccccc2)C1=O. The number of hydrogen-bond donors (Lipinski definition) is 2. The third kappa shape index (κ3) is 4.29. The van der Waals surface area contributed by atoms with Gasteiger partial charge in [0.2, 0.25) is 0 Å². The first-order valence-electron chi connectivity index (χ1n) is 7.80. The highest BCUT2D eigenvalue weighted by molar-refractivity contribution is 5.86. The molecule has 21 heavy (non-hydrogen) atoms. The van der Waals surface area contributed by atoms with E-state index in [0.29, 0.717) is 19.5 Å². The largest absolute Gasteiger partial charge is 0.379 e. The number of nitrogens with zero attached hydrogens (tertiary/aromatic N) is 1. The van der Waals surface area contributed by atoms with Gasteiger partial charge < -0.3 is 15.3 Å². The second kappa shape index (κ2) is 7.05. The first-order valence-corrected chi connectivity index (χ1v) is 7.80. The van der Waals surface area contributed by atoms with Crippen molar-refractivity contribution in [2.75, 3.05) is 19.6 Å². The first-order chi connectivity index (χ1) is 10.0. The lowest BCUT2D eigenvalue weighted by Crippen LogP contribution is -2.58. The maximum Gasteiger partial charge on any atom is 0.255 e. The van der Waals surface area contributed by atoms with E-state index in [1.807, 2.05) is 32.0 Å². The number of carbonyl (C=O) groups is 1. The van der Waals surface area contributed by atoms with Crippen LogP contribution in [0, 0.1) is 0 Å². The minimum absolute atomic E-state index is 0.127. The zero-order chi connectivity index (χ0) is 15.3. The fourth-order valence-corrected chi connectivity index (χ4v) is 2.72. The molecule has 0 aliphatic carbocycles. The Hall–Kier alpha value is -1.39. The lowest BCUT2D eigenvalue weighted by molar-refractivity contribution is -0.156. The Bertz CT molecular complexity index is 461. The number of rotatable bonds is 6. The maximum atomic E-state index is 12.5. The third-order valence-corrected chi connectivity index (χ3v) is 4.02. The van der Waals surface area contributed by atoms with Gasteiger partial charge in [0, 0.05) is 25.7 Å². The third-order valence-electron chi connectivity index (χ3n) is 4.02. The van der Waals surface area contributed by atoms with Crippen LogP contribution < -0.4 is 5.32 Å². The summed E-state index contributed by atoms with van der Waals surface area (Å²) in [5.74, 6) is -0.127. The molecule has 0 aromatic heterocycles. The van der Waals surface area contributed by atoms with Crippen molar-refractivity contribution in [2.45, 2.75) is 44.8 Å². The van der Waals surface area contributed by atoms with Crippen LogP contribution in [0.25, 0.3) is 0 Å². The lowest BCUT2D eigenvalue weighted by atomic mass is 9.91. The number of carbonyl (C=O) groups excluding carboxylic acids is 1. The van der Waals surface area contributed by atoms with Gasteiger partial charge in [0.05, 0.1) is 0 Å². The van der Waals surface area contributed by atoms with Crippen LogP contribution in [-0.4, -0.2) is 47.2 Å². The molecule has 116 valence electrons. The monoisotopic (exact) mass is 290 g/mol. The Morgan fingerprint density at radius 3 is 2.71 bits per heavy atom. The van der Waals surface area contributed by atoms with Crippen molar-refractivity contribution in [3.05, 3.63) is 35.9 Å². The Morgan fingerprint density at radius 1 is 1.33 bits per heavy atom. The van der Waals surface area contributed by atoms with Crippen LogP contribution in [-0.2, 0) is 11.2 Å². The maximum absolute atomic E-state index is 12.5. The van der Waals surface area contributed by atoms with Gasteiger partial charge >= 0.3 is 0 Å². The molecule has 1 aliphatic heterocycles. The summed E-state index contributed by atoms with van der Waals surface area (Å²) in [5.41, 5.74) is -0.0149. The quantitative estimate of drug-likeness (QED) is 0.836. The second-order valence-electron chi connectivity index (χ2n) is 6.20. The Balaban J connectivity index is 1.93. The van der Waals surface area contributed by atoms with E-state index in [4.69, 9.17) is 0 Å². The van der Waals surface area contributed by atoms with Crippen molar-refractivity contribution in [3.8, 4) is 0 Å². The van der Waals surface area contributed by atoms with Crippen LogP contribution in [0.1, 0.15) is 32.3 Å². The Labute approximate surface area is 127 Å². The molecule has 1 saturated heterocycles. The lowest BCUT2D eigenvalue weighted by Gasteiger charge is -2.38. The van der Waals surface area contributed by atoms with E-state index in [9.17, 15) is 9.90 Å². The minimum atomic E-state index is -1.24. The predicted molar refractivity (Wildman–Crippen MR) is 84.0 cm³/mol. The van der Waals surface area contributed by atoms with Crippen LogP contribution in [0.3, 0.4) is 0 Å². The van der Waals surface area contributed by atoms with E-state index in [1.54, 1.807) is 4.90 Å². The second-order valence-corrected chi connectivity index (χ2v) is 6.20. The van der Waals surface area contributed by atoms with E-state index in [-0.39, 0.29) is 11.9 Å². The molecule has 1 unspecified atom stereocenters. The number of benzene rings is 1. The normalized spacial score (nSPS) is 22.9. The van der Waals surface area contributed by atoms with Gasteiger partial charge in [-0.1, -0.05) is 44.2 Å². The van der Waals surface area contributed by atoms with Gasteiger partial charge in [-0.05, 0) is 24.8 Å². The number of piperidine rings is 1. The standard InChI is InChI=1S/C17H26N2O2/c1-14(2)18-13-17(21)10-6-11-19(16(17)20)12-9-15-7-4-3-5-8-15/h3-5,7-8,14,18,21H,6,9-13H2,1-2H3. The molecule has 1 heterocycles. The van der Waals surface area contributed by atoms with Gasteiger partial charge in [-0.15, -0.1) is 0 Å². The molecule has 1 aromatic carbocycles. The van der Waals surface area contributed by atoms with Crippen molar-refractivity contribution in [3.63, 3.8) is 0 Å². The summed E-state index contributed by atoms with van der Waals surface area (Å²) >= 11 is 0. The molecule has 0 radical (unpaired) electrons. The molecular formula is C17H26N2O2. The first kappa shape index (κ1) is 16.0. The average Bonchev–Trinajstić information content (AvgIpc) is 2.48. The highest BCUT2D eigenvalue weighted by Gasteiger charge is 2.41. The molecule has 2 N–H and O–H groups in total. The zero-order valence-electron chi connectivity index (χ0n) is 13.0. The fraction of sp³-hybridized carbons (Fsp3) is 0.588. The van der Waals surface area contributed by atoms with Crippen molar-refractivity contribution < 1.29 is 9.90 Å². The molecule has 4 heteroatoms. The van der Waals surface area contributed by atoms with Crippen LogP contribution in [0.4, 0.5) is 0 Å². The average molecular weight is 290 g/mol. The minimum Gasteiger partial charge on any atom is -0.379 e. The molecule has 0 bridgehead atoms. The van der Waals surface area contributed by atoms with Crippen molar-refractivity contribution >= 4 is 5.91 Å². The molecule has 2 rings (SSSR count). The number of nitrogens with one attached hydrogen (secondary N) is 1. The van der Waals surface area contributed by atoms with Gasteiger partial charge in [0.1, 0.15) is 0 Å². The van der Waals surface area contributed by atoms with Gasteiger partial charge in [-0.25, -0.2) is 0 Å². The Kier molecular flexibility index (Phi) is 5.37. The Morgan fingerprint density at radius 2 is 2.05 bits per heavy atom. The van der Waals surface area contributed by atoms with Gasteiger partial charge in [0.15, 0.2) is 5.60 Å². The zero-order valence-corrected chi connectivity index (χ0v) is 13.0. The van der Waals surface area contributed by atoms with E-state index in [1.165, 1.54) is 5.56 Å². The predicted octanol–water partition coefficient (Wildman–Crippen LogP) is 1.58. The summed E-state index contributed by atoms with van der Waals surface area (Å²) < 4.78 is 0. The summed E-state index contributed by atoms with van der Waals surface area (Å²) in [6.45, 7) is 5.79. The summed E-state index contributed by atoms with van der Waals surface area (Å²) in [4.78, 5) is 14.3. The summed E-state index contributed by atoms with van der Waals surface area (Å²) in [6.07, 6.45) is 2.24. The smallest absolute Gasteiger partial charge is 0.255 e. The van der Waals surface area contributed by atoms with Crippen LogP contribution in [0.5, 0.6) is 0 Å². The summed E-state index contributed by atoms with van der Waals surface area (Å²) in [6, 6.07) is 10.4. The van der Waals surface area contributed by atoms with E-state index < -0.39 is 5.60 Å². The molecule has 1 aliphatic rings. The number of aliphatic hydroxyl groups is 1. The van der Waals surface area contributed by atoms with Gasteiger partial charge in [-0.3, -0.25) is 4.79 Å². The van der Waals surface area contributed by atoms with Crippen molar-refractivity contribution in [2.24, 2.45) is 0 Å². The molecule has 1 fully saturated rings. The highest BCUT2D eigenvalue weighted by atomic mass is 16.3. The number of hydrogen-bond acceptors (Lipinski definition) is 3. The summed E-state index contributed by atoms with van der Waals surface area (Å²) in [7, 11) is 0. The van der Waals surface area contributed by atoms with E-state index in [0.717, 1.165) is 19.4 Å². The van der Waals surface area contributed by atoms with Crippen molar-refractivity contribution in [1.82, 2.24) is 10.2 Å². The van der Waals surface area contributed by atoms with Crippen LogP contribution >= 0.6 is 0 Å². The topological polar surface area (TPSA) is 52.6 Å². The highest BCUT2D eigenvalue weighted by Crippen LogP contribution is 2.22. The van der Waals surface area contributed by atoms with Gasteiger partial charge in [0.25, 0.3) is 5.91 Å². The van der Waals surface area contributed by atoms with Crippen molar-refractivity contribution in [1.29, 1.82) is 0 Å². The molecular weight excluding hydrogens is 264 g/mol. The van der Waals surface area contributed by atoms with E-state index in [2.05, 4.69) is 17.4 Å². The summed E-state index contributed by atoms with van der Waals surface area (Å²) in [5, 5.41) is 13.8.